The lowest BCUT2D eigenvalue weighted by molar-refractivity contribution is 0.408. The molecule has 45 heavy (non-hydrogen) atoms. The number of allylic oxidation sites excluding steroid dienone is 4. The Balaban J connectivity index is 1.76. The summed E-state index contributed by atoms with van der Waals surface area (Å²) in [6.45, 7) is 20.1. The normalized spacial score (nSPS) is 13.7. The molecule has 0 aliphatic heterocycles. The average Bonchev–Trinajstić information content (AvgIpc) is 3.41. The van der Waals surface area contributed by atoms with E-state index in [2.05, 4.69) is 135 Å². The zero-order valence-corrected chi connectivity index (χ0v) is 30.7. The van der Waals surface area contributed by atoms with E-state index in [4.69, 9.17) is 9.47 Å². The Bertz CT molecular complexity index is 1620. The van der Waals surface area contributed by atoms with Crippen LogP contribution in [-0.4, -0.2) is 19.9 Å². The van der Waals surface area contributed by atoms with Gasteiger partial charge in [0.2, 0.25) is 0 Å². The fourth-order valence-electron chi connectivity index (χ4n) is 7.24. The second-order valence-electron chi connectivity index (χ2n) is 12.8. The molecular formula is C41H48O2P2. The number of rotatable bonds is 9. The molecule has 0 heterocycles. The summed E-state index contributed by atoms with van der Waals surface area (Å²) in [5.74, 6) is 1.96. The van der Waals surface area contributed by atoms with E-state index < -0.39 is 15.8 Å². The van der Waals surface area contributed by atoms with Gasteiger partial charge in [0.25, 0.3) is 0 Å². The molecular weight excluding hydrogens is 586 g/mol. The van der Waals surface area contributed by atoms with Crippen molar-refractivity contribution in [3.8, 4) is 11.5 Å². The molecule has 0 unspecified atom stereocenters. The van der Waals surface area contributed by atoms with Crippen LogP contribution in [0.15, 0.2) is 83.7 Å². The second-order valence-corrected chi connectivity index (χ2v) is 17.6. The van der Waals surface area contributed by atoms with Crippen LogP contribution in [0.2, 0.25) is 0 Å². The quantitative estimate of drug-likeness (QED) is 0.171. The van der Waals surface area contributed by atoms with Gasteiger partial charge in [-0.25, -0.2) is 0 Å². The van der Waals surface area contributed by atoms with E-state index in [1.165, 1.54) is 71.3 Å². The van der Waals surface area contributed by atoms with Crippen LogP contribution >= 0.6 is 15.8 Å². The molecule has 1 atom stereocenters. The summed E-state index contributed by atoms with van der Waals surface area (Å²) in [6, 6.07) is 23.8. The number of methoxy groups -OCH3 is 2. The zero-order valence-electron chi connectivity index (χ0n) is 28.9. The Morgan fingerprint density at radius 2 is 0.911 bits per heavy atom. The van der Waals surface area contributed by atoms with Crippen molar-refractivity contribution in [2.45, 2.75) is 74.4 Å². The molecule has 5 rings (SSSR count). The maximum absolute atomic E-state index is 5.81. The SMILES string of the molecule is COc1c(C)cc(P(C2=C([C@@H](C)P(c3cc(C)cc(C)c3)c3cc(C)cc(C)c3)C=CC2)c2cc(C)c(OC)c(C)c2)cc1C. The van der Waals surface area contributed by atoms with E-state index in [-0.39, 0.29) is 0 Å². The van der Waals surface area contributed by atoms with Gasteiger partial charge < -0.3 is 9.47 Å². The largest absolute Gasteiger partial charge is 0.496 e. The van der Waals surface area contributed by atoms with Crippen molar-refractivity contribution in [2.75, 3.05) is 14.2 Å². The minimum atomic E-state index is -0.794. The molecule has 0 aromatic heterocycles. The molecule has 1 aliphatic carbocycles. The Kier molecular flexibility index (Phi) is 10.1. The van der Waals surface area contributed by atoms with E-state index in [0.717, 1.165) is 17.9 Å². The molecule has 0 N–H and O–H groups in total. The first-order valence-corrected chi connectivity index (χ1v) is 18.6. The Morgan fingerprint density at radius 3 is 1.27 bits per heavy atom. The first-order valence-electron chi connectivity index (χ1n) is 15.9. The number of hydrogen-bond donors (Lipinski definition) is 0. The highest BCUT2D eigenvalue weighted by molar-refractivity contribution is 7.77. The third-order valence-electron chi connectivity index (χ3n) is 8.83. The molecule has 0 fully saturated rings. The number of hydrogen-bond acceptors (Lipinski definition) is 2. The summed E-state index contributed by atoms with van der Waals surface area (Å²) < 4.78 is 11.6. The number of aryl methyl sites for hydroxylation is 8. The van der Waals surface area contributed by atoms with E-state index in [9.17, 15) is 0 Å². The van der Waals surface area contributed by atoms with E-state index in [0.29, 0.717) is 5.66 Å². The lowest BCUT2D eigenvalue weighted by Crippen LogP contribution is -2.23. The van der Waals surface area contributed by atoms with Gasteiger partial charge in [0, 0.05) is 5.66 Å². The molecule has 4 aromatic rings. The molecule has 0 saturated heterocycles. The lowest BCUT2D eigenvalue weighted by atomic mass is 10.1. The first-order chi connectivity index (χ1) is 21.4. The van der Waals surface area contributed by atoms with Crippen molar-refractivity contribution in [1.29, 1.82) is 0 Å². The van der Waals surface area contributed by atoms with Crippen LogP contribution in [-0.2, 0) is 0 Å². The molecule has 0 spiro atoms. The molecule has 0 amide bonds. The maximum atomic E-state index is 5.81. The van der Waals surface area contributed by atoms with Gasteiger partial charge in [-0.15, -0.1) is 0 Å². The van der Waals surface area contributed by atoms with Crippen molar-refractivity contribution >= 4 is 37.1 Å². The predicted molar refractivity (Wildman–Crippen MR) is 199 cm³/mol. The fourth-order valence-corrected chi connectivity index (χ4v) is 13.5. The molecule has 0 saturated carbocycles. The summed E-state index contributed by atoms with van der Waals surface area (Å²) in [6.07, 6.45) is 5.82. The van der Waals surface area contributed by atoms with Gasteiger partial charge in [0.15, 0.2) is 0 Å². The molecule has 4 aromatic carbocycles. The van der Waals surface area contributed by atoms with Crippen molar-refractivity contribution in [2.24, 2.45) is 0 Å². The molecule has 4 heteroatoms. The number of ether oxygens (including phenoxy) is 2. The maximum Gasteiger partial charge on any atom is 0.124 e. The third kappa shape index (κ3) is 6.84. The zero-order chi connectivity index (χ0) is 32.6. The topological polar surface area (TPSA) is 18.5 Å². The van der Waals surface area contributed by atoms with Gasteiger partial charge in [-0.1, -0.05) is 77.7 Å². The molecule has 1 aliphatic rings. The van der Waals surface area contributed by atoms with Gasteiger partial charge in [0.1, 0.15) is 11.5 Å². The minimum absolute atomic E-state index is 0.349. The first kappa shape index (κ1) is 33.2. The van der Waals surface area contributed by atoms with Gasteiger partial charge in [-0.3, -0.25) is 0 Å². The molecule has 0 bridgehead atoms. The minimum Gasteiger partial charge on any atom is -0.496 e. The van der Waals surface area contributed by atoms with Gasteiger partial charge >= 0.3 is 0 Å². The molecule has 0 radical (unpaired) electrons. The highest BCUT2D eigenvalue weighted by Gasteiger charge is 2.32. The smallest absolute Gasteiger partial charge is 0.124 e. The summed E-state index contributed by atoms with van der Waals surface area (Å²) in [4.78, 5) is 0. The van der Waals surface area contributed by atoms with Crippen LogP contribution in [0.5, 0.6) is 11.5 Å². The van der Waals surface area contributed by atoms with Gasteiger partial charge in [0.05, 0.1) is 14.2 Å². The predicted octanol–water partition coefficient (Wildman–Crippen LogP) is 9.34. The average molecular weight is 635 g/mol. The van der Waals surface area contributed by atoms with E-state index in [1.54, 1.807) is 19.5 Å². The summed E-state index contributed by atoms with van der Waals surface area (Å²) in [5.41, 5.74) is 12.0. The Labute approximate surface area is 274 Å². The van der Waals surface area contributed by atoms with E-state index in [1.807, 2.05) is 0 Å². The van der Waals surface area contributed by atoms with Crippen LogP contribution in [0.4, 0.5) is 0 Å². The second kappa shape index (κ2) is 13.7. The number of benzene rings is 4. The van der Waals surface area contributed by atoms with Crippen molar-refractivity contribution in [3.63, 3.8) is 0 Å². The molecule has 2 nitrogen and oxygen atoms in total. The summed E-state index contributed by atoms with van der Waals surface area (Å²) >= 11 is 0. The highest BCUT2D eigenvalue weighted by atomic mass is 31.1. The molecule has 234 valence electrons. The van der Waals surface area contributed by atoms with Crippen LogP contribution < -0.4 is 30.7 Å². The van der Waals surface area contributed by atoms with Crippen LogP contribution in [0.1, 0.15) is 57.9 Å². The van der Waals surface area contributed by atoms with Crippen molar-refractivity contribution in [1.82, 2.24) is 0 Å². The Hall–Kier alpha value is -3.18. The standard InChI is InChI=1S/C41H48O2P2/c1-25-15-26(2)18-34(17-25)44(35-19-27(3)16-28(4)20-35)33(9)38-13-12-14-39(38)45(36-21-29(5)40(42-10)30(6)22-36)37-23-31(7)41(43-11)32(8)24-37/h12-13,15-24,33H,14H2,1-11H3/t33-/m1/s1. The lowest BCUT2D eigenvalue weighted by Gasteiger charge is -2.31. The highest BCUT2D eigenvalue weighted by Crippen LogP contribution is 2.55. The van der Waals surface area contributed by atoms with Crippen LogP contribution in [0.3, 0.4) is 0 Å². The Morgan fingerprint density at radius 1 is 0.533 bits per heavy atom. The summed E-state index contributed by atoms with van der Waals surface area (Å²) in [5, 5.41) is 7.25. The fraction of sp³-hybridized carbons (Fsp3) is 0.317. The third-order valence-corrected chi connectivity index (χ3v) is 14.0. The summed E-state index contributed by atoms with van der Waals surface area (Å²) in [7, 11) is 2.10. The van der Waals surface area contributed by atoms with Gasteiger partial charge in [-0.2, -0.15) is 0 Å². The van der Waals surface area contributed by atoms with Crippen molar-refractivity contribution < 1.29 is 9.47 Å². The van der Waals surface area contributed by atoms with Gasteiger partial charge in [-0.05, 0) is 156 Å². The monoisotopic (exact) mass is 634 g/mol. The van der Waals surface area contributed by atoms with E-state index >= 15 is 0 Å². The van der Waals surface area contributed by atoms with Crippen LogP contribution in [0, 0.1) is 55.4 Å². The van der Waals surface area contributed by atoms with Crippen molar-refractivity contribution in [3.05, 3.63) is 128 Å². The van der Waals surface area contributed by atoms with Crippen LogP contribution in [0.25, 0.3) is 0 Å².